The predicted molar refractivity (Wildman–Crippen MR) is 111 cm³/mol. The molecule has 0 saturated carbocycles. The highest BCUT2D eigenvalue weighted by Gasteiger charge is 2.25. The van der Waals surface area contributed by atoms with Crippen LogP contribution in [0.5, 0.6) is 5.75 Å². The Bertz CT molecular complexity index is 1150. The van der Waals surface area contributed by atoms with E-state index in [-0.39, 0.29) is 21.9 Å². The molecule has 158 valence electrons. The van der Waals surface area contributed by atoms with Crippen molar-refractivity contribution in [1.82, 2.24) is 15.1 Å². The first-order chi connectivity index (χ1) is 14.5. The van der Waals surface area contributed by atoms with Crippen molar-refractivity contribution < 1.29 is 22.4 Å². The second kappa shape index (κ2) is 8.44. The number of piperidine rings is 1. The standard InChI is InChI=1S/C19H20N4O5S2/c1-27-15-7-5-6-14(11-15)22-30(25,26)16-10-13(12-29-16)17-20-21-18(28-17)19(24)23-8-3-2-4-9-23/h5-7,10-12,22H,2-4,8-9H2,1H3. The van der Waals surface area contributed by atoms with E-state index in [4.69, 9.17) is 9.15 Å². The maximum atomic E-state index is 12.7. The molecule has 9 nitrogen and oxygen atoms in total. The van der Waals surface area contributed by atoms with Gasteiger partial charge in [0.05, 0.1) is 18.4 Å². The summed E-state index contributed by atoms with van der Waals surface area (Å²) in [6.45, 7) is 1.35. The highest BCUT2D eigenvalue weighted by atomic mass is 32.2. The zero-order chi connectivity index (χ0) is 21.1. The SMILES string of the molecule is COc1cccc(NS(=O)(=O)c2cc(-c3nnc(C(=O)N4CCCCC4)o3)cs2)c1. The van der Waals surface area contributed by atoms with Gasteiger partial charge in [-0.3, -0.25) is 9.52 Å². The summed E-state index contributed by atoms with van der Waals surface area (Å²) in [5, 5.41) is 9.36. The Balaban J connectivity index is 1.51. The molecule has 1 saturated heterocycles. The van der Waals surface area contributed by atoms with Gasteiger partial charge in [0.2, 0.25) is 5.89 Å². The van der Waals surface area contributed by atoms with Crippen molar-refractivity contribution in [3.63, 3.8) is 0 Å². The minimum atomic E-state index is -3.80. The molecular formula is C19H20N4O5S2. The Kier molecular flexibility index (Phi) is 5.73. The average molecular weight is 449 g/mol. The van der Waals surface area contributed by atoms with Gasteiger partial charge in [0, 0.05) is 24.5 Å². The highest BCUT2D eigenvalue weighted by Crippen LogP contribution is 2.30. The van der Waals surface area contributed by atoms with Gasteiger partial charge in [-0.1, -0.05) is 6.07 Å². The minimum Gasteiger partial charge on any atom is -0.497 e. The molecule has 2 aromatic heterocycles. The predicted octanol–water partition coefficient (Wildman–Crippen LogP) is 3.23. The number of aromatic nitrogens is 2. The normalized spacial score (nSPS) is 14.5. The number of hydrogen-bond acceptors (Lipinski definition) is 8. The molecule has 0 atom stereocenters. The number of carbonyl (C=O) groups is 1. The number of nitrogens with one attached hydrogen (secondary N) is 1. The Labute approximate surface area is 177 Å². The van der Waals surface area contributed by atoms with E-state index in [1.54, 1.807) is 34.5 Å². The van der Waals surface area contributed by atoms with Crippen molar-refractivity contribution in [3.8, 4) is 17.2 Å². The van der Waals surface area contributed by atoms with Crippen LogP contribution in [0.1, 0.15) is 29.9 Å². The van der Waals surface area contributed by atoms with Gasteiger partial charge in [-0.15, -0.1) is 21.5 Å². The Morgan fingerprint density at radius 2 is 2.00 bits per heavy atom. The van der Waals surface area contributed by atoms with E-state index >= 15 is 0 Å². The van der Waals surface area contributed by atoms with Crippen LogP contribution in [-0.2, 0) is 10.0 Å². The van der Waals surface area contributed by atoms with Crippen LogP contribution in [0.3, 0.4) is 0 Å². The lowest BCUT2D eigenvalue weighted by molar-refractivity contribution is 0.0684. The van der Waals surface area contributed by atoms with Gasteiger partial charge in [0.25, 0.3) is 10.0 Å². The van der Waals surface area contributed by atoms with Crippen LogP contribution in [0.25, 0.3) is 11.5 Å². The lowest BCUT2D eigenvalue weighted by Crippen LogP contribution is -2.35. The molecule has 3 heterocycles. The zero-order valence-corrected chi connectivity index (χ0v) is 17.8. The third-order valence-electron chi connectivity index (χ3n) is 4.66. The molecule has 0 unspecified atom stereocenters. The second-order valence-electron chi connectivity index (χ2n) is 6.76. The number of nitrogens with zero attached hydrogens (tertiary/aromatic N) is 3. The quantitative estimate of drug-likeness (QED) is 0.616. The molecular weight excluding hydrogens is 428 g/mol. The fourth-order valence-corrected chi connectivity index (χ4v) is 5.32. The van der Waals surface area contributed by atoms with Crippen LogP contribution in [0, 0.1) is 0 Å². The van der Waals surface area contributed by atoms with Crippen LogP contribution < -0.4 is 9.46 Å². The largest absolute Gasteiger partial charge is 0.497 e. The molecule has 0 bridgehead atoms. The molecule has 0 radical (unpaired) electrons. The summed E-state index contributed by atoms with van der Waals surface area (Å²) in [4.78, 5) is 14.2. The van der Waals surface area contributed by atoms with Crippen molar-refractivity contribution in [2.45, 2.75) is 23.5 Å². The molecule has 4 rings (SSSR count). The van der Waals surface area contributed by atoms with E-state index in [1.807, 2.05) is 0 Å². The first kappa shape index (κ1) is 20.4. The van der Waals surface area contributed by atoms with E-state index < -0.39 is 10.0 Å². The van der Waals surface area contributed by atoms with Gasteiger partial charge >= 0.3 is 11.8 Å². The summed E-state index contributed by atoms with van der Waals surface area (Å²) in [6.07, 6.45) is 3.02. The van der Waals surface area contributed by atoms with Gasteiger partial charge in [0.1, 0.15) is 9.96 Å². The fraction of sp³-hybridized carbons (Fsp3) is 0.316. The number of anilines is 1. The molecule has 11 heteroatoms. The fourth-order valence-electron chi connectivity index (χ4n) is 3.12. The van der Waals surface area contributed by atoms with Gasteiger partial charge in [0.15, 0.2) is 0 Å². The summed E-state index contributed by atoms with van der Waals surface area (Å²) >= 11 is 1.02. The summed E-state index contributed by atoms with van der Waals surface area (Å²) in [5.74, 6) is 0.265. The number of hydrogen-bond donors (Lipinski definition) is 1. The maximum Gasteiger partial charge on any atom is 0.311 e. The summed E-state index contributed by atoms with van der Waals surface area (Å²) in [5.41, 5.74) is 0.827. The first-order valence-electron chi connectivity index (χ1n) is 9.35. The molecule has 3 aromatic rings. The Morgan fingerprint density at radius 1 is 1.20 bits per heavy atom. The minimum absolute atomic E-state index is 0.0856. The molecule has 1 aliphatic heterocycles. The third-order valence-corrected chi connectivity index (χ3v) is 7.48. The van der Waals surface area contributed by atoms with E-state index in [0.29, 0.717) is 30.1 Å². The highest BCUT2D eigenvalue weighted by molar-refractivity contribution is 7.94. The van der Waals surface area contributed by atoms with Crippen LogP contribution in [0.4, 0.5) is 5.69 Å². The number of ether oxygens (including phenoxy) is 1. The monoisotopic (exact) mass is 448 g/mol. The Hall–Kier alpha value is -2.92. The molecule has 1 aromatic carbocycles. The van der Waals surface area contributed by atoms with E-state index in [9.17, 15) is 13.2 Å². The summed E-state index contributed by atoms with van der Waals surface area (Å²) in [6, 6.07) is 8.07. The molecule has 1 N–H and O–H groups in total. The smallest absolute Gasteiger partial charge is 0.311 e. The van der Waals surface area contributed by atoms with Crippen molar-refractivity contribution in [1.29, 1.82) is 0 Å². The van der Waals surface area contributed by atoms with Crippen molar-refractivity contribution >= 4 is 33.0 Å². The number of amides is 1. The van der Waals surface area contributed by atoms with E-state index in [2.05, 4.69) is 14.9 Å². The number of benzene rings is 1. The summed E-state index contributed by atoms with van der Waals surface area (Å²) < 4.78 is 38.6. The molecule has 30 heavy (non-hydrogen) atoms. The van der Waals surface area contributed by atoms with Crippen LogP contribution in [0.15, 0.2) is 44.3 Å². The van der Waals surface area contributed by atoms with E-state index in [0.717, 1.165) is 30.6 Å². The topological polar surface area (TPSA) is 115 Å². The molecule has 1 amide bonds. The average Bonchev–Trinajstić information content (AvgIpc) is 3.44. The number of sulfonamides is 1. The lowest BCUT2D eigenvalue weighted by atomic mass is 10.1. The van der Waals surface area contributed by atoms with Gasteiger partial charge in [-0.05, 0) is 37.5 Å². The van der Waals surface area contributed by atoms with Crippen LogP contribution >= 0.6 is 11.3 Å². The number of likely N-dealkylation sites (tertiary alicyclic amines) is 1. The van der Waals surface area contributed by atoms with Crippen molar-refractivity contribution in [2.24, 2.45) is 0 Å². The van der Waals surface area contributed by atoms with Gasteiger partial charge in [-0.2, -0.15) is 0 Å². The van der Waals surface area contributed by atoms with Crippen LogP contribution in [-0.4, -0.2) is 49.6 Å². The molecule has 1 fully saturated rings. The van der Waals surface area contributed by atoms with Crippen LogP contribution in [0.2, 0.25) is 0 Å². The first-order valence-corrected chi connectivity index (χ1v) is 11.7. The molecule has 0 spiro atoms. The van der Waals surface area contributed by atoms with E-state index in [1.165, 1.54) is 13.2 Å². The zero-order valence-electron chi connectivity index (χ0n) is 16.2. The van der Waals surface area contributed by atoms with Crippen molar-refractivity contribution in [3.05, 3.63) is 41.6 Å². The number of carbonyl (C=O) groups excluding carboxylic acids is 1. The number of rotatable bonds is 6. The van der Waals surface area contributed by atoms with Gasteiger partial charge in [-0.25, -0.2) is 8.42 Å². The van der Waals surface area contributed by atoms with Gasteiger partial charge < -0.3 is 14.1 Å². The second-order valence-corrected chi connectivity index (χ2v) is 9.58. The molecule has 0 aliphatic carbocycles. The number of methoxy groups -OCH3 is 1. The maximum absolute atomic E-state index is 12.7. The number of thiophene rings is 1. The van der Waals surface area contributed by atoms with Crippen molar-refractivity contribution in [2.75, 3.05) is 24.9 Å². The third kappa shape index (κ3) is 4.31. The summed E-state index contributed by atoms with van der Waals surface area (Å²) in [7, 11) is -2.30. The Morgan fingerprint density at radius 3 is 2.77 bits per heavy atom. The molecule has 1 aliphatic rings. The lowest BCUT2D eigenvalue weighted by Gasteiger charge is -2.24.